The fourth-order valence-electron chi connectivity index (χ4n) is 10.4. The first-order valence-electron chi connectivity index (χ1n) is 14.9. The number of nitrogens with two attached hydrogens (primary N) is 2. The molecule has 1 spiro atoms. The highest BCUT2D eigenvalue weighted by atomic mass is 16.5. The number of rotatable bonds is 2. The van der Waals surface area contributed by atoms with Crippen LogP contribution in [0.5, 0.6) is 0 Å². The van der Waals surface area contributed by atoms with Gasteiger partial charge in [0.25, 0.3) is 0 Å². The van der Waals surface area contributed by atoms with Gasteiger partial charge >= 0.3 is 0 Å². The van der Waals surface area contributed by atoms with Crippen molar-refractivity contribution in [2.75, 3.05) is 6.54 Å². The minimum Gasteiger partial charge on any atom is -0.400 e. The van der Waals surface area contributed by atoms with Crippen LogP contribution in [0.2, 0.25) is 0 Å². The number of piperidine rings is 1. The molecule has 0 amide bonds. The lowest BCUT2D eigenvalue weighted by molar-refractivity contribution is -0.889. The third kappa shape index (κ3) is 3.78. The maximum absolute atomic E-state index is 7.06. The molecule has 4 aliphatic carbocycles. The van der Waals surface area contributed by atoms with Gasteiger partial charge in [-0.15, -0.1) is 0 Å². The molecule has 0 bridgehead atoms. The number of ether oxygens (including phenoxy) is 1. The Kier molecular flexibility index (Phi) is 6.19. The molecule has 12 unspecified atom stereocenters. The van der Waals surface area contributed by atoms with E-state index in [2.05, 4.69) is 33.0 Å². The van der Waals surface area contributed by atoms with E-state index >= 15 is 0 Å². The Balaban J connectivity index is 1.22. The summed E-state index contributed by atoms with van der Waals surface area (Å²) in [4.78, 5) is 0. The first-order valence-corrected chi connectivity index (χ1v) is 14.9. The maximum atomic E-state index is 7.06. The van der Waals surface area contributed by atoms with Gasteiger partial charge in [-0.25, -0.2) is 5.01 Å². The first kappa shape index (κ1) is 24.5. The molecule has 0 aromatic heterocycles. The predicted molar refractivity (Wildman–Crippen MR) is 141 cm³/mol. The van der Waals surface area contributed by atoms with Gasteiger partial charge in [-0.05, 0) is 99.8 Å². The number of fused-ring (bicyclic) bond motifs is 6. The highest BCUT2D eigenvalue weighted by molar-refractivity contribution is 5.29. The van der Waals surface area contributed by atoms with E-state index in [0.29, 0.717) is 29.5 Å². The number of nitrogens with one attached hydrogen (secondary N) is 2. The lowest BCUT2D eigenvalue weighted by Crippen LogP contribution is -3.17. The molecule has 0 radical (unpaired) electrons. The van der Waals surface area contributed by atoms with E-state index in [0.717, 1.165) is 41.1 Å². The topological polar surface area (TPSA) is 77.7 Å². The minimum absolute atomic E-state index is 0.0619. The summed E-state index contributed by atoms with van der Waals surface area (Å²) < 4.78 is 7.06. The lowest BCUT2D eigenvalue weighted by atomic mass is 9.52. The van der Waals surface area contributed by atoms with Crippen LogP contribution in [0.4, 0.5) is 0 Å². The zero-order valence-corrected chi connectivity index (χ0v) is 22.7. The lowest BCUT2D eigenvalue weighted by Gasteiger charge is -2.54. The van der Waals surface area contributed by atoms with Gasteiger partial charge in [0.1, 0.15) is 12.2 Å². The number of allylic oxidation sites excluding steroid dienone is 1. The molecule has 196 valence electrons. The van der Waals surface area contributed by atoms with Gasteiger partial charge in [-0.3, -0.25) is 0 Å². The van der Waals surface area contributed by atoms with Crippen LogP contribution in [0.15, 0.2) is 23.5 Å². The van der Waals surface area contributed by atoms with Gasteiger partial charge in [0.05, 0.1) is 17.9 Å². The summed E-state index contributed by atoms with van der Waals surface area (Å²) in [5.41, 5.74) is 9.74. The largest absolute Gasteiger partial charge is 0.400 e. The molecule has 0 aromatic rings. The van der Waals surface area contributed by atoms with Crippen molar-refractivity contribution in [3.8, 4) is 0 Å². The van der Waals surface area contributed by atoms with Gasteiger partial charge in [-0.1, -0.05) is 31.9 Å². The van der Waals surface area contributed by atoms with E-state index in [1.807, 2.05) is 11.8 Å². The zero-order chi connectivity index (χ0) is 24.5. The molecular formula is C30H51N4O+. The quantitative estimate of drug-likeness (QED) is 0.275. The summed E-state index contributed by atoms with van der Waals surface area (Å²) in [5.74, 6) is 11.1. The summed E-state index contributed by atoms with van der Waals surface area (Å²) in [6.07, 6.45) is 17.0. The Labute approximate surface area is 213 Å². The monoisotopic (exact) mass is 483 g/mol. The highest BCUT2D eigenvalue weighted by Gasteiger charge is 2.59. The molecule has 6 aliphatic rings. The minimum atomic E-state index is 0.0619. The summed E-state index contributed by atoms with van der Waals surface area (Å²) in [6.45, 7) is 11.2. The molecule has 0 aromatic carbocycles. The maximum Gasteiger partial charge on any atom is 0.129 e. The second-order valence-electron chi connectivity index (χ2n) is 14.0. The van der Waals surface area contributed by atoms with Gasteiger partial charge < -0.3 is 15.8 Å². The van der Waals surface area contributed by atoms with Crippen molar-refractivity contribution in [2.24, 2.45) is 52.5 Å². The Morgan fingerprint density at radius 3 is 2.74 bits per heavy atom. The summed E-state index contributed by atoms with van der Waals surface area (Å²) in [5, 5.41) is 4.88. The van der Waals surface area contributed by atoms with Crippen molar-refractivity contribution in [1.82, 2.24) is 5.32 Å². The zero-order valence-electron chi connectivity index (χ0n) is 22.7. The molecule has 2 heterocycles. The fraction of sp³-hybridized carbons (Fsp3) is 0.867. The van der Waals surface area contributed by atoms with Crippen LogP contribution in [0.25, 0.3) is 0 Å². The van der Waals surface area contributed by atoms with E-state index in [-0.39, 0.29) is 5.60 Å². The SMILES string of the molecule is CC1=C2CC3C(CCC4CC([NH+](N)C=CN)CCC43C)C2CCC2(C1)OC1CC(C)CNC1C2C. The Morgan fingerprint density at radius 1 is 1.11 bits per heavy atom. The van der Waals surface area contributed by atoms with Crippen molar-refractivity contribution in [1.29, 1.82) is 0 Å². The van der Waals surface area contributed by atoms with Crippen LogP contribution in [-0.2, 0) is 4.74 Å². The van der Waals surface area contributed by atoms with E-state index in [9.17, 15) is 0 Å². The van der Waals surface area contributed by atoms with E-state index < -0.39 is 0 Å². The molecule has 35 heavy (non-hydrogen) atoms. The van der Waals surface area contributed by atoms with Crippen LogP contribution < -0.4 is 21.9 Å². The van der Waals surface area contributed by atoms with E-state index in [1.165, 1.54) is 64.2 Å². The summed E-state index contributed by atoms with van der Waals surface area (Å²) in [7, 11) is 0. The third-order valence-electron chi connectivity index (χ3n) is 12.4. The van der Waals surface area contributed by atoms with Gasteiger partial charge in [0.15, 0.2) is 0 Å². The van der Waals surface area contributed by atoms with Crippen LogP contribution in [0.1, 0.15) is 91.9 Å². The average Bonchev–Trinajstić information content (AvgIpc) is 3.28. The van der Waals surface area contributed by atoms with Crippen LogP contribution in [0, 0.1) is 40.9 Å². The van der Waals surface area contributed by atoms with Gasteiger partial charge in [0, 0.05) is 24.8 Å². The average molecular weight is 484 g/mol. The van der Waals surface area contributed by atoms with Crippen molar-refractivity contribution in [3.05, 3.63) is 23.5 Å². The highest BCUT2D eigenvalue weighted by Crippen LogP contribution is 2.65. The molecule has 5 nitrogen and oxygen atoms in total. The second-order valence-corrected chi connectivity index (χ2v) is 14.0. The molecule has 3 saturated carbocycles. The van der Waals surface area contributed by atoms with Gasteiger partial charge in [-0.2, -0.15) is 5.84 Å². The standard InChI is InChI=1S/C30H50N4O/c1-18-13-27-28(33-17-18)20(3)30(35-27)10-8-23-24-6-5-21-14-22(34(32)12-11-31)7-9-29(21,4)26(24)15-25(23)19(2)16-30/h11-12,18,20-24,26-28,33H,5-10,13-17,31-32H2,1-4H3/p+1. The van der Waals surface area contributed by atoms with Crippen molar-refractivity contribution in [3.63, 3.8) is 0 Å². The normalized spacial score (nSPS) is 52.7. The van der Waals surface area contributed by atoms with E-state index in [4.69, 9.17) is 16.3 Å². The van der Waals surface area contributed by atoms with Crippen molar-refractivity contribution < 1.29 is 9.75 Å². The summed E-state index contributed by atoms with van der Waals surface area (Å²) in [6, 6.07) is 1.08. The number of hydrogen-bond acceptors (Lipinski definition) is 4. The van der Waals surface area contributed by atoms with Crippen LogP contribution >= 0.6 is 0 Å². The van der Waals surface area contributed by atoms with Crippen molar-refractivity contribution in [2.45, 2.75) is 116 Å². The Bertz CT molecular complexity index is 886. The molecule has 6 N–H and O–H groups in total. The smallest absolute Gasteiger partial charge is 0.129 e. The molecule has 12 atom stereocenters. The molecule has 2 saturated heterocycles. The molecule has 6 rings (SSSR count). The van der Waals surface area contributed by atoms with Crippen molar-refractivity contribution >= 4 is 0 Å². The summed E-state index contributed by atoms with van der Waals surface area (Å²) >= 11 is 0. The molecule has 5 heteroatoms. The Hall–Kier alpha value is -0.880. The van der Waals surface area contributed by atoms with Crippen LogP contribution in [-0.4, -0.2) is 30.3 Å². The third-order valence-corrected chi connectivity index (χ3v) is 12.4. The molecular weight excluding hydrogens is 432 g/mol. The Morgan fingerprint density at radius 2 is 1.94 bits per heavy atom. The number of hydrogen-bond donors (Lipinski definition) is 4. The van der Waals surface area contributed by atoms with Gasteiger partial charge in [0.2, 0.25) is 0 Å². The molecule has 5 fully saturated rings. The van der Waals surface area contributed by atoms with E-state index in [1.54, 1.807) is 11.8 Å². The first-order chi connectivity index (χ1) is 16.8. The number of quaternary nitrogens is 1. The molecule has 2 aliphatic heterocycles. The second kappa shape index (κ2) is 8.85. The fourth-order valence-corrected chi connectivity index (χ4v) is 10.4. The predicted octanol–water partition coefficient (Wildman–Crippen LogP) is 3.67. The van der Waals surface area contributed by atoms with Crippen LogP contribution in [0.3, 0.4) is 0 Å².